The Morgan fingerprint density at radius 2 is 1.67 bits per heavy atom. The highest BCUT2D eigenvalue weighted by Crippen LogP contribution is 2.09. The molecule has 4 heteroatoms. The number of piperazine rings is 1. The van der Waals surface area contributed by atoms with Crippen molar-refractivity contribution in [3.8, 4) is 12.3 Å². The van der Waals surface area contributed by atoms with Gasteiger partial charge < -0.3 is 21.3 Å². The van der Waals surface area contributed by atoms with Crippen LogP contribution in [0.5, 0.6) is 0 Å². The third-order valence-electron chi connectivity index (χ3n) is 3.22. The summed E-state index contributed by atoms with van der Waals surface area (Å²) in [6.45, 7) is 9.47. The zero-order chi connectivity index (χ0) is 14.0. The van der Waals surface area contributed by atoms with Gasteiger partial charge in [-0.15, -0.1) is 12.3 Å². The van der Waals surface area contributed by atoms with Gasteiger partial charge in [-0.1, -0.05) is 13.8 Å². The van der Waals surface area contributed by atoms with Crippen LogP contribution in [-0.4, -0.2) is 55.2 Å². The Kier molecular flexibility index (Phi) is 9.03. The van der Waals surface area contributed by atoms with Gasteiger partial charge in [-0.3, -0.25) is 0 Å². The lowest BCUT2D eigenvalue weighted by atomic mass is 10.0. The highest BCUT2D eigenvalue weighted by Gasteiger charge is 2.21. The van der Waals surface area contributed by atoms with Crippen LogP contribution in [0.1, 0.15) is 33.1 Å². The standard InChI is InChI=1S/C12H24N4.C2H6/c1-3-4-5-12(13,14)6-7-16-10-8-15(2)9-11-16;1-2/h1H,4-11,13-14H2,2H3;1-2H3. The summed E-state index contributed by atoms with van der Waals surface area (Å²) in [5.74, 6) is 2.59. The van der Waals surface area contributed by atoms with Crippen molar-refractivity contribution in [1.82, 2.24) is 9.80 Å². The quantitative estimate of drug-likeness (QED) is 0.559. The van der Waals surface area contributed by atoms with E-state index in [9.17, 15) is 0 Å². The largest absolute Gasteiger partial charge is 0.313 e. The first kappa shape index (κ1) is 17.4. The van der Waals surface area contributed by atoms with Crippen molar-refractivity contribution in [2.24, 2.45) is 11.5 Å². The third-order valence-corrected chi connectivity index (χ3v) is 3.22. The number of likely N-dealkylation sites (N-methyl/N-ethyl adjacent to an activating group) is 1. The molecular formula is C14H30N4. The maximum absolute atomic E-state index is 5.99. The first-order chi connectivity index (χ1) is 8.53. The predicted octanol–water partition coefficient (Wildman–Crippen LogP) is 0.677. The number of nitrogens with zero attached hydrogens (tertiary/aromatic N) is 2. The second-order valence-corrected chi connectivity index (χ2v) is 4.83. The fourth-order valence-electron chi connectivity index (χ4n) is 1.87. The van der Waals surface area contributed by atoms with Crippen molar-refractivity contribution in [3.05, 3.63) is 0 Å². The second kappa shape index (κ2) is 9.35. The number of rotatable bonds is 5. The Morgan fingerprint density at radius 1 is 1.11 bits per heavy atom. The van der Waals surface area contributed by atoms with Crippen LogP contribution >= 0.6 is 0 Å². The minimum atomic E-state index is -0.601. The van der Waals surface area contributed by atoms with Gasteiger partial charge in [-0.2, -0.15) is 0 Å². The monoisotopic (exact) mass is 254 g/mol. The summed E-state index contributed by atoms with van der Waals surface area (Å²) in [6.07, 6.45) is 7.40. The fourth-order valence-corrected chi connectivity index (χ4v) is 1.87. The summed E-state index contributed by atoms with van der Waals surface area (Å²) in [7, 11) is 2.15. The van der Waals surface area contributed by atoms with Gasteiger partial charge in [0.05, 0.1) is 5.66 Å². The van der Waals surface area contributed by atoms with Gasteiger partial charge in [0.2, 0.25) is 0 Å². The summed E-state index contributed by atoms with van der Waals surface area (Å²) in [5, 5.41) is 0. The predicted molar refractivity (Wildman–Crippen MR) is 79.1 cm³/mol. The van der Waals surface area contributed by atoms with Crippen molar-refractivity contribution < 1.29 is 0 Å². The van der Waals surface area contributed by atoms with E-state index in [2.05, 4.69) is 22.8 Å². The van der Waals surface area contributed by atoms with Crippen molar-refractivity contribution in [1.29, 1.82) is 0 Å². The first-order valence-electron chi connectivity index (χ1n) is 6.96. The lowest BCUT2D eigenvalue weighted by Crippen LogP contribution is -2.53. The summed E-state index contributed by atoms with van der Waals surface area (Å²) >= 11 is 0. The van der Waals surface area contributed by atoms with Gasteiger partial charge in [0, 0.05) is 39.1 Å². The van der Waals surface area contributed by atoms with Crippen LogP contribution in [0.15, 0.2) is 0 Å². The smallest absolute Gasteiger partial charge is 0.0658 e. The summed E-state index contributed by atoms with van der Waals surface area (Å²) in [4.78, 5) is 4.76. The molecule has 0 aromatic rings. The van der Waals surface area contributed by atoms with Crippen LogP contribution in [0.3, 0.4) is 0 Å². The van der Waals surface area contributed by atoms with Crippen LogP contribution in [0, 0.1) is 12.3 Å². The molecule has 1 saturated heterocycles. The number of terminal acetylenes is 1. The molecule has 1 rings (SSSR count). The summed E-state index contributed by atoms with van der Waals surface area (Å²) in [6, 6.07) is 0. The average molecular weight is 254 g/mol. The van der Waals surface area contributed by atoms with Gasteiger partial charge in [-0.05, 0) is 19.9 Å². The topological polar surface area (TPSA) is 58.5 Å². The van der Waals surface area contributed by atoms with E-state index in [1.807, 2.05) is 13.8 Å². The van der Waals surface area contributed by atoms with Crippen LogP contribution in [0.4, 0.5) is 0 Å². The van der Waals surface area contributed by atoms with Gasteiger partial charge >= 0.3 is 0 Å². The molecule has 0 aliphatic carbocycles. The van der Waals surface area contributed by atoms with E-state index in [1.165, 1.54) is 0 Å². The Bertz CT molecular complexity index is 237. The highest BCUT2D eigenvalue weighted by molar-refractivity contribution is 4.89. The SMILES string of the molecule is C#CCCC(N)(N)CCN1CCN(C)CC1.CC. The van der Waals surface area contributed by atoms with Gasteiger partial charge in [0.25, 0.3) is 0 Å². The molecule has 1 aliphatic rings. The maximum Gasteiger partial charge on any atom is 0.0658 e. The molecule has 106 valence electrons. The Morgan fingerprint density at radius 3 is 2.17 bits per heavy atom. The maximum atomic E-state index is 5.99. The molecule has 1 fully saturated rings. The Balaban J connectivity index is 0.00000137. The molecule has 0 saturated carbocycles. The van der Waals surface area contributed by atoms with Crippen molar-refractivity contribution >= 4 is 0 Å². The van der Waals surface area contributed by atoms with Gasteiger partial charge in [0.15, 0.2) is 0 Å². The fraction of sp³-hybridized carbons (Fsp3) is 0.857. The molecule has 18 heavy (non-hydrogen) atoms. The Hall–Kier alpha value is -0.600. The van der Waals surface area contributed by atoms with Crippen molar-refractivity contribution in [2.75, 3.05) is 39.8 Å². The van der Waals surface area contributed by atoms with Crippen LogP contribution in [-0.2, 0) is 0 Å². The van der Waals surface area contributed by atoms with E-state index >= 15 is 0 Å². The molecule has 0 aromatic carbocycles. The molecule has 0 radical (unpaired) electrons. The van der Waals surface area contributed by atoms with E-state index in [4.69, 9.17) is 17.9 Å². The summed E-state index contributed by atoms with van der Waals surface area (Å²) < 4.78 is 0. The van der Waals surface area contributed by atoms with Gasteiger partial charge in [-0.25, -0.2) is 0 Å². The average Bonchev–Trinajstić information content (AvgIpc) is 2.38. The van der Waals surface area contributed by atoms with Crippen LogP contribution in [0.2, 0.25) is 0 Å². The lowest BCUT2D eigenvalue weighted by Gasteiger charge is -2.34. The first-order valence-corrected chi connectivity index (χ1v) is 6.96. The molecule has 4 nitrogen and oxygen atoms in total. The molecule has 0 amide bonds. The van der Waals surface area contributed by atoms with E-state index < -0.39 is 5.66 Å². The van der Waals surface area contributed by atoms with Crippen LogP contribution in [0.25, 0.3) is 0 Å². The number of hydrogen-bond donors (Lipinski definition) is 2. The van der Waals surface area contributed by atoms with Crippen molar-refractivity contribution in [2.45, 2.75) is 38.8 Å². The van der Waals surface area contributed by atoms with Crippen molar-refractivity contribution in [3.63, 3.8) is 0 Å². The molecular weight excluding hydrogens is 224 g/mol. The molecule has 0 aromatic heterocycles. The van der Waals surface area contributed by atoms with E-state index in [0.29, 0.717) is 12.8 Å². The molecule has 0 bridgehead atoms. The molecule has 0 atom stereocenters. The minimum absolute atomic E-state index is 0.601. The summed E-state index contributed by atoms with van der Waals surface area (Å²) in [5.41, 5.74) is 11.4. The molecule has 4 N–H and O–H groups in total. The minimum Gasteiger partial charge on any atom is -0.313 e. The third kappa shape index (κ3) is 7.67. The lowest BCUT2D eigenvalue weighted by molar-refractivity contribution is 0.142. The number of nitrogens with two attached hydrogens (primary N) is 2. The Labute approximate surface area is 113 Å². The molecule has 0 unspecified atom stereocenters. The zero-order valence-corrected chi connectivity index (χ0v) is 12.3. The highest BCUT2D eigenvalue weighted by atomic mass is 15.2. The number of hydrogen-bond acceptors (Lipinski definition) is 4. The van der Waals surface area contributed by atoms with Gasteiger partial charge in [0.1, 0.15) is 0 Å². The second-order valence-electron chi connectivity index (χ2n) is 4.83. The molecule has 1 aliphatic heterocycles. The van der Waals surface area contributed by atoms with Crippen LogP contribution < -0.4 is 11.5 Å². The van der Waals surface area contributed by atoms with E-state index in [1.54, 1.807) is 0 Å². The molecule has 1 heterocycles. The van der Waals surface area contributed by atoms with E-state index in [0.717, 1.165) is 39.1 Å². The van der Waals surface area contributed by atoms with E-state index in [-0.39, 0.29) is 0 Å². The normalized spacial score (nSPS) is 17.8. The zero-order valence-electron chi connectivity index (χ0n) is 12.3. The molecule has 0 spiro atoms.